The van der Waals surface area contributed by atoms with Crippen LogP contribution in [-0.4, -0.2) is 18.9 Å². The van der Waals surface area contributed by atoms with Crippen LogP contribution in [0.2, 0.25) is 0 Å². The summed E-state index contributed by atoms with van der Waals surface area (Å²) in [5, 5.41) is 0. The largest absolute Gasteiger partial charge is 0.461 e. The Balaban J connectivity index is 2.35. The summed E-state index contributed by atoms with van der Waals surface area (Å²) in [5.41, 5.74) is 0. The number of methoxy groups -OCH3 is 1. The standard InChI is InChI=1S/C11H10O4/c1-14-11(13)7-3-2-5-9(12)10-6-4-8-15-10/h4,6,8H,2,5H2,1H3. The van der Waals surface area contributed by atoms with Crippen molar-refractivity contribution >= 4 is 11.8 Å². The molecule has 0 aliphatic rings. The summed E-state index contributed by atoms with van der Waals surface area (Å²) in [5.74, 6) is 4.37. The van der Waals surface area contributed by atoms with Crippen LogP contribution in [0.1, 0.15) is 23.4 Å². The molecule has 0 amide bonds. The fourth-order valence-electron chi connectivity index (χ4n) is 0.922. The van der Waals surface area contributed by atoms with Crippen molar-refractivity contribution in [3.8, 4) is 11.8 Å². The van der Waals surface area contributed by atoms with Gasteiger partial charge in [0.05, 0.1) is 13.4 Å². The summed E-state index contributed by atoms with van der Waals surface area (Å²) in [6.07, 6.45) is 1.99. The van der Waals surface area contributed by atoms with Crippen molar-refractivity contribution in [1.82, 2.24) is 0 Å². The molecule has 0 aliphatic heterocycles. The summed E-state index contributed by atoms with van der Waals surface area (Å²) in [7, 11) is 1.25. The van der Waals surface area contributed by atoms with Crippen LogP contribution in [0.15, 0.2) is 22.8 Å². The molecule has 15 heavy (non-hydrogen) atoms. The number of ketones is 1. The molecule has 0 N–H and O–H groups in total. The van der Waals surface area contributed by atoms with Crippen LogP contribution < -0.4 is 0 Å². The topological polar surface area (TPSA) is 56.5 Å². The SMILES string of the molecule is COC(=O)C#CCCC(=O)c1ccco1. The van der Waals surface area contributed by atoms with Crippen LogP contribution in [0.4, 0.5) is 0 Å². The first kappa shape index (κ1) is 11.1. The minimum Gasteiger partial charge on any atom is -0.461 e. The van der Waals surface area contributed by atoms with E-state index < -0.39 is 5.97 Å². The van der Waals surface area contributed by atoms with Gasteiger partial charge in [-0.2, -0.15) is 0 Å². The van der Waals surface area contributed by atoms with E-state index in [1.54, 1.807) is 12.1 Å². The van der Waals surface area contributed by atoms with Gasteiger partial charge in [0.15, 0.2) is 11.5 Å². The number of carbonyl (C=O) groups is 2. The smallest absolute Gasteiger partial charge is 0.384 e. The molecule has 4 heteroatoms. The van der Waals surface area contributed by atoms with Gasteiger partial charge >= 0.3 is 5.97 Å². The van der Waals surface area contributed by atoms with Gasteiger partial charge < -0.3 is 9.15 Å². The Labute approximate surface area is 87.2 Å². The van der Waals surface area contributed by atoms with E-state index in [-0.39, 0.29) is 12.2 Å². The van der Waals surface area contributed by atoms with Crippen molar-refractivity contribution < 1.29 is 18.7 Å². The number of esters is 1. The zero-order valence-electron chi connectivity index (χ0n) is 8.28. The number of furan rings is 1. The lowest BCUT2D eigenvalue weighted by Gasteiger charge is -1.91. The molecule has 0 spiro atoms. The molecule has 0 atom stereocenters. The van der Waals surface area contributed by atoms with Gasteiger partial charge in [0.2, 0.25) is 0 Å². The Morgan fingerprint density at radius 1 is 1.53 bits per heavy atom. The van der Waals surface area contributed by atoms with E-state index in [1.807, 2.05) is 0 Å². The summed E-state index contributed by atoms with van der Waals surface area (Å²) >= 11 is 0. The van der Waals surface area contributed by atoms with Gasteiger partial charge in [-0.05, 0) is 12.1 Å². The molecule has 1 rings (SSSR count). The Bertz CT molecular complexity index is 392. The fraction of sp³-hybridized carbons (Fsp3) is 0.273. The Kier molecular flexibility index (Phi) is 4.17. The highest BCUT2D eigenvalue weighted by Gasteiger charge is 2.06. The van der Waals surface area contributed by atoms with Crippen LogP contribution in [0.25, 0.3) is 0 Å². The highest BCUT2D eigenvalue weighted by Crippen LogP contribution is 2.05. The van der Waals surface area contributed by atoms with Gasteiger partial charge in [0, 0.05) is 18.8 Å². The molecule has 1 heterocycles. The third-order valence-electron chi connectivity index (χ3n) is 1.65. The molecule has 78 valence electrons. The molecule has 4 nitrogen and oxygen atoms in total. The number of rotatable bonds is 3. The second-order valence-corrected chi connectivity index (χ2v) is 2.69. The van der Waals surface area contributed by atoms with E-state index in [1.165, 1.54) is 13.4 Å². The summed E-state index contributed by atoms with van der Waals surface area (Å²) in [4.78, 5) is 21.9. The van der Waals surface area contributed by atoms with Crippen LogP contribution >= 0.6 is 0 Å². The maximum atomic E-state index is 11.3. The van der Waals surface area contributed by atoms with Gasteiger partial charge in [-0.3, -0.25) is 4.79 Å². The third-order valence-corrected chi connectivity index (χ3v) is 1.65. The Hall–Kier alpha value is -2.02. The number of hydrogen-bond donors (Lipinski definition) is 0. The zero-order chi connectivity index (χ0) is 11.1. The number of ether oxygens (including phenoxy) is 1. The van der Waals surface area contributed by atoms with E-state index in [2.05, 4.69) is 16.6 Å². The minimum absolute atomic E-state index is 0.126. The predicted molar refractivity (Wildman–Crippen MR) is 52.1 cm³/mol. The molecular weight excluding hydrogens is 196 g/mol. The summed E-state index contributed by atoms with van der Waals surface area (Å²) < 4.78 is 9.22. The second-order valence-electron chi connectivity index (χ2n) is 2.69. The maximum Gasteiger partial charge on any atom is 0.384 e. The first-order valence-electron chi connectivity index (χ1n) is 4.37. The minimum atomic E-state index is -0.597. The molecule has 0 fully saturated rings. The van der Waals surface area contributed by atoms with Crippen molar-refractivity contribution in [3.05, 3.63) is 24.2 Å². The molecule has 0 saturated heterocycles. The molecule has 0 saturated carbocycles. The van der Waals surface area contributed by atoms with Crippen LogP contribution in [0.5, 0.6) is 0 Å². The summed E-state index contributed by atoms with van der Waals surface area (Å²) in [6.45, 7) is 0. The van der Waals surface area contributed by atoms with Gasteiger partial charge in [-0.1, -0.05) is 5.92 Å². The molecule has 0 aromatic carbocycles. The summed E-state index contributed by atoms with van der Waals surface area (Å²) in [6, 6.07) is 3.24. The first-order valence-corrected chi connectivity index (χ1v) is 4.37. The van der Waals surface area contributed by atoms with Gasteiger partial charge in [-0.15, -0.1) is 0 Å². The molecule has 0 bridgehead atoms. The maximum absolute atomic E-state index is 11.3. The third kappa shape index (κ3) is 3.69. The Morgan fingerprint density at radius 3 is 2.93 bits per heavy atom. The van der Waals surface area contributed by atoms with Gasteiger partial charge in [0.25, 0.3) is 0 Å². The normalized spacial score (nSPS) is 8.87. The highest BCUT2D eigenvalue weighted by molar-refractivity contribution is 5.93. The van der Waals surface area contributed by atoms with Crippen LogP contribution in [0, 0.1) is 11.8 Å². The lowest BCUT2D eigenvalue weighted by Crippen LogP contribution is -1.97. The zero-order valence-corrected chi connectivity index (χ0v) is 8.28. The van der Waals surface area contributed by atoms with Gasteiger partial charge in [-0.25, -0.2) is 4.79 Å². The van der Waals surface area contributed by atoms with Gasteiger partial charge in [0.1, 0.15) is 0 Å². The lowest BCUT2D eigenvalue weighted by atomic mass is 10.2. The number of carbonyl (C=O) groups excluding carboxylic acids is 2. The molecule has 0 unspecified atom stereocenters. The van der Waals surface area contributed by atoms with Crippen molar-refractivity contribution in [2.45, 2.75) is 12.8 Å². The molecular formula is C11H10O4. The number of hydrogen-bond acceptors (Lipinski definition) is 4. The number of Topliss-reactive ketones (excluding diaryl/α,β-unsaturated/α-hetero) is 1. The fourth-order valence-corrected chi connectivity index (χ4v) is 0.922. The molecule has 0 aliphatic carbocycles. The van der Waals surface area contributed by atoms with Crippen molar-refractivity contribution in [2.24, 2.45) is 0 Å². The van der Waals surface area contributed by atoms with E-state index in [0.717, 1.165) is 0 Å². The van der Waals surface area contributed by atoms with Crippen molar-refractivity contribution in [2.75, 3.05) is 7.11 Å². The molecule has 1 aromatic rings. The average Bonchev–Trinajstić information content (AvgIpc) is 2.77. The van der Waals surface area contributed by atoms with Crippen molar-refractivity contribution in [1.29, 1.82) is 0 Å². The monoisotopic (exact) mass is 206 g/mol. The first-order chi connectivity index (χ1) is 7.24. The van der Waals surface area contributed by atoms with Crippen LogP contribution in [0.3, 0.4) is 0 Å². The van der Waals surface area contributed by atoms with E-state index in [0.29, 0.717) is 12.2 Å². The quantitative estimate of drug-likeness (QED) is 0.325. The predicted octanol–water partition coefficient (Wildman–Crippen LogP) is 1.42. The van der Waals surface area contributed by atoms with E-state index in [4.69, 9.17) is 4.42 Å². The van der Waals surface area contributed by atoms with Crippen molar-refractivity contribution in [3.63, 3.8) is 0 Å². The average molecular weight is 206 g/mol. The Morgan fingerprint density at radius 2 is 2.33 bits per heavy atom. The van der Waals surface area contributed by atoms with Crippen LogP contribution in [-0.2, 0) is 9.53 Å². The van der Waals surface area contributed by atoms with E-state index >= 15 is 0 Å². The van der Waals surface area contributed by atoms with E-state index in [9.17, 15) is 9.59 Å². The highest BCUT2D eigenvalue weighted by atomic mass is 16.5. The molecule has 1 aromatic heterocycles. The second kappa shape index (κ2) is 5.66. The lowest BCUT2D eigenvalue weighted by molar-refractivity contribution is -0.133. The molecule has 0 radical (unpaired) electrons.